The Balaban J connectivity index is 1.94. The zero-order chi connectivity index (χ0) is 18.7. The van der Waals surface area contributed by atoms with Crippen LogP contribution in [0.4, 0.5) is 11.5 Å². The number of aromatic nitrogens is 3. The van der Waals surface area contributed by atoms with E-state index in [2.05, 4.69) is 50.9 Å². The Morgan fingerprint density at radius 3 is 2.58 bits per heavy atom. The Hall–Kier alpha value is -2.25. The molecule has 1 N–H and O–H groups in total. The second kappa shape index (κ2) is 7.97. The summed E-state index contributed by atoms with van der Waals surface area (Å²) in [6.45, 7) is 6.09. The van der Waals surface area contributed by atoms with Gasteiger partial charge in [-0.2, -0.15) is 14.6 Å². The van der Waals surface area contributed by atoms with Crippen LogP contribution in [0.3, 0.4) is 0 Å². The zero-order valence-electron chi connectivity index (χ0n) is 15.9. The SMILES string of the molecule is CCc1cnn2c(Nc3ccc(SN(C)C)cc3)cc(OC(C)C)nc12. The lowest BCUT2D eigenvalue weighted by Gasteiger charge is -2.14. The maximum atomic E-state index is 5.83. The number of nitrogens with one attached hydrogen (secondary N) is 1. The van der Waals surface area contributed by atoms with Crippen LogP contribution in [-0.4, -0.2) is 39.1 Å². The molecule has 2 aromatic heterocycles. The zero-order valence-corrected chi connectivity index (χ0v) is 16.7. The fourth-order valence-corrected chi connectivity index (χ4v) is 3.26. The van der Waals surface area contributed by atoms with Gasteiger partial charge in [0.05, 0.1) is 12.3 Å². The van der Waals surface area contributed by atoms with Gasteiger partial charge in [0.25, 0.3) is 0 Å². The third-order valence-corrected chi connectivity index (χ3v) is 4.52. The quantitative estimate of drug-likeness (QED) is 0.622. The van der Waals surface area contributed by atoms with E-state index in [1.54, 1.807) is 11.9 Å². The molecule has 0 saturated carbocycles. The molecule has 0 aliphatic carbocycles. The van der Waals surface area contributed by atoms with Crippen LogP contribution in [0.2, 0.25) is 0 Å². The molecule has 3 aromatic rings. The molecule has 0 saturated heterocycles. The second-order valence-corrected chi connectivity index (χ2v) is 7.84. The van der Waals surface area contributed by atoms with Gasteiger partial charge in [-0.25, -0.2) is 0 Å². The largest absolute Gasteiger partial charge is 0.475 e. The molecule has 0 atom stereocenters. The normalized spacial score (nSPS) is 11.5. The van der Waals surface area contributed by atoms with Crippen LogP contribution in [-0.2, 0) is 6.42 Å². The average molecular weight is 372 g/mol. The van der Waals surface area contributed by atoms with Gasteiger partial charge in [0.1, 0.15) is 5.82 Å². The van der Waals surface area contributed by atoms with Crippen molar-refractivity contribution >= 4 is 29.1 Å². The van der Waals surface area contributed by atoms with E-state index in [1.165, 1.54) is 4.90 Å². The average Bonchev–Trinajstić information content (AvgIpc) is 2.99. The molecule has 6 nitrogen and oxygen atoms in total. The molecule has 3 rings (SSSR count). The lowest BCUT2D eigenvalue weighted by atomic mass is 10.3. The van der Waals surface area contributed by atoms with Gasteiger partial charge in [-0.05, 0) is 70.6 Å². The summed E-state index contributed by atoms with van der Waals surface area (Å²) in [5, 5.41) is 7.92. The second-order valence-electron chi connectivity index (χ2n) is 6.46. The fourth-order valence-electron chi connectivity index (χ4n) is 2.58. The molecule has 0 aliphatic heterocycles. The first-order chi connectivity index (χ1) is 12.5. The molecule has 0 aliphatic rings. The maximum absolute atomic E-state index is 5.83. The van der Waals surface area contributed by atoms with E-state index >= 15 is 0 Å². The van der Waals surface area contributed by atoms with Crippen LogP contribution >= 0.6 is 11.9 Å². The first-order valence-corrected chi connectivity index (χ1v) is 9.50. The summed E-state index contributed by atoms with van der Waals surface area (Å²) in [5.74, 6) is 1.43. The van der Waals surface area contributed by atoms with Gasteiger partial charge >= 0.3 is 0 Å². The minimum atomic E-state index is 0.0631. The van der Waals surface area contributed by atoms with E-state index in [0.29, 0.717) is 5.88 Å². The highest BCUT2D eigenvalue weighted by Crippen LogP contribution is 2.26. The summed E-state index contributed by atoms with van der Waals surface area (Å²) in [5.41, 5.74) is 2.91. The smallest absolute Gasteiger partial charge is 0.219 e. The maximum Gasteiger partial charge on any atom is 0.219 e. The number of hydrogen-bond acceptors (Lipinski definition) is 6. The van der Waals surface area contributed by atoms with Crippen LogP contribution in [0.25, 0.3) is 5.65 Å². The number of benzene rings is 1. The van der Waals surface area contributed by atoms with Crippen LogP contribution in [0, 0.1) is 0 Å². The number of hydrogen-bond donors (Lipinski definition) is 1. The molecule has 0 fully saturated rings. The highest BCUT2D eigenvalue weighted by atomic mass is 32.2. The summed E-state index contributed by atoms with van der Waals surface area (Å²) >= 11 is 1.69. The number of rotatable bonds is 7. The number of ether oxygens (including phenoxy) is 1. The van der Waals surface area contributed by atoms with Crippen molar-refractivity contribution in [1.82, 2.24) is 18.9 Å². The summed E-state index contributed by atoms with van der Waals surface area (Å²) in [6.07, 6.45) is 2.80. The van der Waals surface area contributed by atoms with Crippen LogP contribution in [0.15, 0.2) is 41.4 Å². The standard InChI is InChI=1S/C19H25N5OS/c1-6-14-12-20-24-17(11-18(22-19(14)24)25-13(2)3)21-15-7-9-16(10-8-15)26-23(4)5/h7-13,21H,6H2,1-5H3. The highest BCUT2D eigenvalue weighted by Gasteiger charge is 2.12. The van der Waals surface area contributed by atoms with E-state index in [9.17, 15) is 0 Å². The van der Waals surface area contributed by atoms with Crippen molar-refractivity contribution in [3.63, 3.8) is 0 Å². The third kappa shape index (κ3) is 4.28. The summed E-state index contributed by atoms with van der Waals surface area (Å²) in [4.78, 5) is 5.82. The molecule has 26 heavy (non-hydrogen) atoms. The Kier molecular flexibility index (Phi) is 5.68. The van der Waals surface area contributed by atoms with Gasteiger partial charge in [-0.15, -0.1) is 0 Å². The molecule has 138 valence electrons. The van der Waals surface area contributed by atoms with Gasteiger partial charge in [-0.3, -0.25) is 4.31 Å². The molecule has 7 heteroatoms. The van der Waals surface area contributed by atoms with E-state index in [4.69, 9.17) is 4.74 Å². The summed E-state index contributed by atoms with van der Waals surface area (Å²) in [6, 6.07) is 10.2. The predicted octanol–water partition coefficient (Wildman–Crippen LogP) is 4.39. The van der Waals surface area contributed by atoms with Gasteiger partial charge in [0.2, 0.25) is 5.88 Å². The van der Waals surface area contributed by atoms with Crippen molar-refractivity contribution in [3.8, 4) is 5.88 Å². The van der Waals surface area contributed by atoms with E-state index in [0.717, 1.165) is 29.1 Å². The van der Waals surface area contributed by atoms with Crippen molar-refractivity contribution in [3.05, 3.63) is 42.1 Å². The molecule has 0 bridgehead atoms. The number of nitrogens with zero attached hydrogens (tertiary/aromatic N) is 4. The highest BCUT2D eigenvalue weighted by molar-refractivity contribution is 7.97. The van der Waals surface area contributed by atoms with Crippen LogP contribution in [0.1, 0.15) is 26.3 Å². The molecule has 2 heterocycles. The van der Waals surface area contributed by atoms with Gasteiger partial charge in [-0.1, -0.05) is 6.92 Å². The predicted molar refractivity (Wildman–Crippen MR) is 107 cm³/mol. The van der Waals surface area contributed by atoms with E-state index in [-0.39, 0.29) is 6.10 Å². The summed E-state index contributed by atoms with van der Waals surface area (Å²) < 4.78 is 9.73. The fraction of sp³-hybridized carbons (Fsp3) is 0.368. The molecule has 0 spiro atoms. The Labute approximate surface area is 158 Å². The number of aryl methyl sites for hydroxylation is 1. The number of fused-ring (bicyclic) bond motifs is 1. The minimum Gasteiger partial charge on any atom is -0.475 e. The van der Waals surface area contributed by atoms with Crippen LogP contribution in [0.5, 0.6) is 5.88 Å². The van der Waals surface area contributed by atoms with Crippen molar-refractivity contribution < 1.29 is 4.74 Å². The first kappa shape index (κ1) is 18.5. The summed E-state index contributed by atoms with van der Waals surface area (Å²) in [7, 11) is 4.06. The Bertz CT molecular complexity index is 874. The molecule has 1 aromatic carbocycles. The van der Waals surface area contributed by atoms with Crippen molar-refractivity contribution in [2.24, 2.45) is 0 Å². The molecule has 0 amide bonds. The van der Waals surface area contributed by atoms with Crippen molar-refractivity contribution in [1.29, 1.82) is 0 Å². The van der Waals surface area contributed by atoms with Gasteiger partial charge in [0.15, 0.2) is 5.65 Å². The van der Waals surface area contributed by atoms with Gasteiger partial charge in [0, 0.05) is 22.2 Å². The van der Waals surface area contributed by atoms with Crippen molar-refractivity contribution in [2.75, 3.05) is 19.4 Å². The van der Waals surface area contributed by atoms with E-state index < -0.39 is 0 Å². The Morgan fingerprint density at radius 2 is 1.96 bits per heavy atom. The first-order valence-electron chi connectivity index (χ1n) is 8.73. The molecular formula is C19H25N5OS. The lowest BCUT2D eigenvalue weighted by Crippen LogP contribution is -2.09. The van der Waals surface area contributed by atoms with Crippen molar-refractivity contribution in [2.45, 2.75) is 38.2 Å². The van der Waals surface area contributed by atoms with Crippen LogP contribution < -0.4 is 10.1 Å². The number of anilines is 2. The molecule has 0 radical (unpaired) electrons. The minimum absolute atomic E-state index is 0.0631. The molecular weight excluding hydrogens is 346 g/mol. The van der Waals surface area contributed by atoms with Gasteiger partial charge < -0.3 is 10.1 Å². The third-order valence-electron chi connectivity index (χ3n) is 3.67. The van der Waals surface area contributed by atoms with E-state index in [1.807, 2.05) is 44.7 Å². The monoisotopic (exact) mass is 371 g/mol. The lowest BCUT2D eigenvalue weighted by molar-refractivity contribution is 0.233. The Morgan fingerprint density at radius 1 is 1.23 bits per heavy atom. The topological polar surface area (TPSA) is 54.7 Å². The molecule has 0 unspecified atom stereocenters.